The zero-order chi connectivity index (χ0) is 23.3. The Morgan fingerprint density at radius 1 is 1.06 bits per heavy atom. The molecule has 0 amide bonds. The van der Waals surface area contributed by atoms with Crippen LogP contribution in [0.3, 0.4) is 0 Å². The fourth-order valence-corrected chi connectivity index (χ4v) is 4.82. The maximum absolute atomic E-state index is 12.8. The fourth-order valence-electron chi connectivity index (χ4n) is 3.41. The molecule has 3 aromatic rings. The van der Waals surface area contributed by atoms with Crippen molar-refractivity contribution in [2.75, 3.05) is 26.3 Å². The number of hydrogen-bond donors (Lipinski definition) is 1. The van der Waals surface area contributed by atoms with Crippen molar-refractivity contribution < 1.29 is 13.2 Å². The standard InChI is InChI=1S/C23H23N5O4S/c24-12-10-21(25-18-4-2-1-3-5-18)23-22(29)11-13-28(26-23)19-6-8-20(9-7-19)33(30,31)27-14-16-32-17-15-27/h1-9,11-13,24H,10,14-17H2. The largest absolute Gasteiger partial charge is 0.379 e. The minimum Gasteiger partial charge on any atom is -0.379 e. The number of aromatic nitrogens is 2. The van der Waals surface area contributed by atoms with Crippen LogP contribution in [0.2, 0.25) is 0 Å². The van der Waals surface area contributed by atoms with E-state index in [2.05, 4.69) is 10.1 Å². The highest BCUT2D eigenvalue weighted by Crippen LogP contribution is 2.19. The van der Waals surface area contributed by atoms with Crippen molar-refractivity contribution in [1.29, 1.82) is 5.41 Å². The maximum Gasteiger partial charge on any atom is 0.243 e. The van der Waals surface area contributed by atoms with E-state index in [4.69, 9.17) is 10.1 Å². The van der Waals surface area contributed by atoms with Gasteiger partial charge in [0.05, 0.1) is 35.2 Å². The number of sulfonamides is 1. The first kappa shape index (κ1) is 22.7. The van der Waals surface area contributed by atoms with Crippen molar-refractivity contribution >= 4 is 27.6 Å². The summed E-state index contributed by atoms with van der Waals surface area (Å²) < 4.78 is 33.8. The molecule has 1 aliphatic heterocycles. The molecule has 1 aromatic heterocycles. The molecule has 10 heteroatoms. The zero-order valence-corrected chi connectivity index (χ0v) is 18.6. The van der Waals surface area contributed by atoms with Crippen LogP contribution in [0.25, 0.3) is 5.69 Å². The van der Waals surface area contributed by atoms with Gasteiger partial charge in [-0.25, -0.2) is 13.1 Å². The van der Waals surface area contributed by atoms with Gasteiger partial charge in [0.1, 0.15) is 0 Å². The summed E-state index contributed by atoms with van der Waals surface area (Å²) in [5, 5.41) is 11.9. The second-order valence-corrected chi connectivity index (χ2v) is 9.22. The van der Waals surface area contributed by atoms with Crippen LogP contribution in [-0.4, -0.2) is 60.7 Å². The van der Waals surface area contributed by atoms with Gasteiger partial charge in [0, 0.05) is 38.0 Å². The van der Waals surface area contributed by atoms with E-state index in [1.807, 2.05) is 18.2 Å². The highest BCUT2D eigenvalue weighted by Gasteiger charge is 2.26. The van der Waals surface area contributed by atoms with Crippen LogP contribution in [0.4, 0.5) is 5.69 Å². The molecule has 1 N–H and O–H groups in total. The summed E-state index contributed by atoms with van der Waals surface area (Å²) >= 11 is 0. The van der Waals surface area contributed by atoms with Crippen molar-refractivity contribution in [2.24, 2.45) is 4.99 Å². The predicted molar refractivity (Wildman–Crippen MR) is 125 cm³/mol. The number of ether oxygens (including phenoxy) is 1. The van der Waals surface area contributed by atoms with E-state index in [0.29, 0.717) is 43.4 Å². The SMILES string of the molecule is N=CCC(=Nc1ccccc1)c1nn(-c2ccc(S(=O)(=O)N3CCOCC3)cc2)ccc1=O. The molecule has 4 rings (SSSR count). The topological polar surface area (TPSA) is 118 Å². The molecule has 0 unspecified atom stereocenters. The number of rotatable bonds is 7. The molecule has 2 aromatic carbocycles. The van der Waals surface area contributed by atoms with Crippen LogP contribution in [0.15, 0.2) is 81.5 Å². The molecule has 1 saturated heterocycles. The van der Waals surface area contributed by atoms with Crippen LogP contribution >= 0.6 is 0 Å². The Kier molecular flexibility index (Phi) is 6.87. The Bertz CT molecular complexity index is 1310. The van der Waals surface area contributed by atoms with Crippen LogP contribution < -0.4 is 5.43 Å². The molecule has 170 valence electrons. The lowest BCUT2D eigenvalue weighted by Crippen LogP contribution is -2.40. The third-order valence-electron chi connectivity index (χ3n) is 5.11. The van der Waals surface area contributed by atoms with Crippen LogP contribution in [-0.2, 0) is 14.8 Å². The first-order valence-corrected chi connectivity index (χ1v) is 11.8. The summed E-state index contributed by atoms with van der Waals surface area (Å²) in [6, 6.07) is 16.9. The van der Waals surface area contributed by atoms with E-state index in [1.54, 1.807) is 24.3 Å². The number of nitrogens with zero attached hydrogens (tertiary/aromatic N) is 4. The molecular weight excluding hydrogens is 442 g/mol. The first-order valence-electron chi connectivity index (χ1n) is 10.4. The molecule has 0 saturated carbocycles. The molecule has 9 nitrogen and oxygen atoms in total. The molecule has 1 fully saturated rings. The summed E-state index contributed by atoms with van der Waals surface area (Å²) in [4.78, 5) is 17.2. The lowest BCUT2D eigenvalue weighted by molar-refractivity contribution is 0.0730. The molecule has 33 heavy (non-hydrogen) atoms. The molecule has 0 bridgehead atoms. The van der Waals surface area contributed by atoms with Crippen molar-refractivity contribution in [3.63, 3.8) is 0 Å². The van der Waals surface area contributed by atoms with E-state index in [-0.39, 0.29) is 22.4 Å². The quantitative estimate of drug-likeness (QED) is 0.538. The Labute approximate surface area is 191 Å². The first-order chi connectivity index (χ1) is 16.0. The van der Waals surface area contributed by atoms with Gasteiger partial charge >= 0.3 is 0 Å². The number of benzene rings is 2. The lowest BCUT2D eigenvalue weighted by atomic mass is 10.2. The Hall–Kier alpha value is -3.47. The van der Waals surface area contributed by atoms with Gasteiger partial charge in [-0.15, -0.1) is 0 Å². The van der Waals surface area contributed by atoms with E-state index < -0.39 is 10.0 Å². The van der Waals surface area contributed by atoms with Gasteiger partial charge in [-0.1, -0.05) is 18.2 Å². The van der Waals surface area contributed by atoms with Crippen LogP contribution in [0.5, 0.6) is 0 Å². The second-order valence-electron chi connectivity index (χ2n) is 7.29. The smallest absolute Gasteiger partial charge is 0.243 e. The fraction of sp³-hybridized carbons (Fsp3) is 0.217. The van der Waals surface area contributed by atoms with Gasteiger partial charge in [-0.3, -0.25) is 9.79 Å². The molecule has 0 atom stereocenters. The average Bonchev–Trinajstić information content (AvgIpc) is 2.85. The Balaban J connectivity index is 1.66. The van der Waals surface area contributed by atoms with Gasteiger partial charge in [0.2, 0.25) is 15.5 Å². The van der Waals surface area contributed by atoms with Gasteiger partial charge < -0.3 is 10.1 Å². The molecular formula is C23H23N5O4S. The van der Waals surface area contributed by atoms with Gasteiger partial charge in [-0.2, -0.15) is 9.40 Å². The maximum atomic E-state index is 12.8. The average molecular weight is 466 g/mol. The molecule has 1 aliphatic rings. The van der Waals surface area contributed by atoms with Crippen molar-refractivity contribution in [3.8, 4) is 5.69 Å². The van der Waals surface area contributed by atoms with Crippen LogP contribution in [0.1, 0.15) is 12.1 Å². The Morgan fingerprint density at radius 2 is 1.76 bits per heavy atom. The lowest BCUT2D eigenvalue weighted by Gasteiger charge is -2.26. The van der Waals surface area contributed by atoms with E-state index in [1.165, 1.54) is 39.6 Å². The van der Waals surface area contributed by atoms with Crippen molar-refractivity contribution in [1.82, 2.24) is 14.1 Å². The monoisotopic (exact) mass is 465 g/mol. The molecule has 2 heterocycles. The number of morpholine rings is 1. The summed E-state index contributed by atoms with van der Waals surface area (Å²) in [7, 11) is -3.60. The van der Waals surface area contributed by atoms with E-state index in [9.17, 15) is 13.2 Å². The Morgan fingerprint density at radius 3 is 2.42 bits per heavy atom. The molecule has 0 aliphatic carbocycles. The van der Waals surface area contributed by atoms with E-state index in [0.717, 1.165) is 0 Å². The van der Waals surface area contributed by atoms with Gasteiger partial charge in [0.15, 0.2) is 5.69 Å². The van der Waals surface area contributed by atoms with Crippen LogP contribution in [0, 0.1) is 5.41 Å². The minimum absolute atomic E-state index is 0.134. The number of aliphatic imine (C=N–C) groups is 1. The third kappa shape index (κ3) is 5.14. The van der Waals surface area contributed by atoms with Gasteiger partial charge in [0.25, 0.3) is 0 Å². The minimum atomic E-state index is -3.60. The summed E-state index contributed by atoms with van der Waals surface area (Å²) in [5.41, 5.74) is 1.45. The zero-order valence-electron chi connectivity index (χ0n) is 17.8. The van der Waals surface area contributed by atoms with Gasteiger partial charge in [-0.05, 0) is 36.4 Å². The summed E-state index contributed by atoms with van der Waals surface area (Å²) in [5.74, 6) is 0. The second kappa shape index (κ2) is 9.99. The number of hydrogen-bond acceptors (Lipinski definition) is 7. The van der Waals surface area contributed by atoms with E-state index >= 15 is 0 Å². The summed E-state index contributed by atoms with van der Waals surface area (Å²) in [6.07, 6.45) is 2.84. The third-order valence-corrected chi connectivity index (χ3v) is 7.02. The molecule has 0 spiro atoms. The number of para-hydroxylation sites is 1. The number of nitrogens with one attached hydrogen (secondary N) is 1. The predicted octanol–water partition coefficient (Wildman–Crippen LogP) is 2.41. The highest BCUT2D eigenvalue weighted by atomic mass is 32.2. The normalized spacial score (nSPS) is 15.3. The summed E-state index contributed by atoms with van der Waals surface area (Å²) in [6.45, 7) is 1.41. The molecule has 0 radical (unpaired) electrons. The van der Waals surface area contributed by atoms with Crippen molar-refractivity contribution in [2.45, 2.75) is 11.3 Å². The highest BCUT2D eigenvalue weighted by molar-refractivity contribution is 7.89. The van der Waals surface area contributed by atoms with Crippen molar-refractivity contribution in [3.05, 3.63) is 82.8 Å².